The van der Waals surface area contributed by atoms with Crippen molar-refractivity contribution in [3.8, 4) is 0 Å². The topological polar surface area (TPSA) is 158 Å². The number of amides is 2. The van der Waals surface area contributed by atoms with Crippen LogP contribution in [0, 0.1) is 0 Å². The molecule has 30 heavy (non-hydrogen) atoms. The average Bonchev–Trinajstić information content (AvgIpc) is 2.73. The number of hydrogen-bond donors (Lipinski definition) is 4. The van der Waals surface area contributed by atoms with Gasteiger partial charge in [-0.2, -0.15) is 0 Å². The van der Waals surface area contributed by atoms with Crippen molar-refractivity contribution in [1.29, 1.82) is 0 Å². The minimum absolute atomic E-state index is 0.102. The van der Waals surface area contributed by atoms with E-state index in [4.69, 9.17) is 16.2 Å². The number of guanidine groups is 1. The van der Waals surface area contributed by atoms with Gasteiger partial charge >= 0.3 is 12.1 Å². The van der Waals surface area contributed by atoms with Crippen molar-refractivity contribution in [2.75, 3.05) is 19.5 Å². The molecule has 2 rings (SSSR count). The molecule has 158 valence electrons. The van der Waals surface area contributed by atoms with Crippen LogP contribution in [-0.2, 0) is 20.7 Å². The maximum atomic E-state index is 12.5. The van der Waals surface area contributed by atoms with Crippen LogP contribution in [0.2, 0.25) is 0 Å². The number of esters is 1. The van der Waals surface area contributed by atoms with E-state index in [9.17, 15) is 14.4 Å². The number of aliphatic imine (C=N–C) groups is 1. The summed E-state index contributed by atoms with van der Waals surface area (Å²) in [5.41, 5.74) is 12.8. The zero-order chi connectivity index (χ0) is 22.1. The molecule has 0 heterocycles. The second kappa shape index (κ2) is 10.5. The summed E-state index contributed by atoms with van der Waals surface area (Å²) in [6.07, 6.45) is -0.548. The molecule has 0 aromatic heterocycles. The Balaban J connectivity index is 2.06. The maximum Gasteiger partial charge on any atom is 0.407 e. The highest BCUT2D eigenvalue weighted by Crippen LogP contribution is 2.17. The molecule has 6 N–H and O–H groups in total. The van der Waals surface area contributed by atoms with E-state index in [1.54, 1.807) is 48.5 Å². The van der Waals surface area contributed by atoms with Crippen LogP contribution >= 0.6 is 0 Å². The quantitative estimate of drug-likeness (QED) is 0.302. The number of methoxy groups -OCH3 is 2. The predicted octanol–water partition coefficient (Wildman–Crippen LogP) is 1.28. The second-order valence-electron chi connectivity index (χ2n) is 6.15. The van der Waals surface area contributed by atoms with Crippen molar-refractivity contribution in [3.05, 3.63) is 59.7 Å². The molecule has 1 unspecified atom stereocenters. The first-order chi connectivity index (χ1) is 14.3. The summed E-state index contributed by atoms with van der Waals surface area (Å²) in [6.45, 7) is 0. The van der Waals surface area contributed by atoms with E-state index in [1.165, 1.54) is 14.2 Å². The van der Waals surface area contributed by atoms with Crippen LogP contribution in [0.1, 0.15) is 15.9 Å². The van der Waals surface area contributed by atoms with Gasteiger partial charge in [0.25, 0.3) is 5.91 Å². The van der Waals surface area contributed by atoms with Crippen LogP contribution in [0.25, 0.3) is 0 Å². The summed E-state index contributed by atoms with van der Waals surface area (Å²) in [5.74, 6) is -1.04. The molecular formula is C20H23N5O5. The number of nitrogens with two attached hydrogens (primary N) is 2. The van der Waals surface area contributed by atoms with Crippen LogP contribution in [0.15, 0.2) is 53.5 Å². The molecule has 0 saturated carbocycles. The zero-order valence-electron chi connectivity index (χ0n) is 16.5. The average molecular weight is 413 g/mol. The summed E-state index contributed by atoms with van der Waals surface area (Å²) >= 11 is 0. The first-order valence-electron chi connectivity index (χ1n) is 8.84. The number of hydrogen-bond acceptors (Lipinski definition) is 6. The van der Waals surface area contributed by atoms with Gasteiger partial charge in [-0.15, -0.1) is 0 Å². The largest absolute Gasteiger partial charge is 0.467 e. The van der Waals surface area contributed by atoms with Gasteiger partial charge < -0.3 is 31.6 Å². The first kappa shape index (κ1) is 22.2. The minimum atomic E-state index is -0.902. The fourth-order valence-corrected chi connectivity index (χ4v) is 2.57. The van der Waals surface area contributed by atoms with E-state index in [2.05, 4.69) is 20.4 Å². The van der Waals surface area contributed by atoms with Crippen LogP contribution in [-0.4, -0.2) is 44.2 Å². The van der Waals surface area contributed by atoms with Gasteiger partial charge in [0.15, 0.2) is 5.96 Å². The molecule has 2 aromatic carbocycles. The number of benzene rings is 2. The van der Waals surface area contributed by atoms with Crippen molar-refractivity contribution in [3.63, 3.8) is 0 Å². The van der Waals surface area contributed by atoms with E-state index >= 15 is 0 Å². The molecule has 1 atom stereocenters. The molecule has 0 aliphatic rings. The predicted molar refractivity (Wildman–Crippen MR) is 111 cm³/mol. The Bertz CT molecular complexity index is 939. The second-order valence-corrected chi connectivity index (χ2v) is 6.15. The van der Waals surface area contributed by atoms with Crippen molar-refractivity contribution < 1.29 is 23.9 Å². The fourth-order valence-electron chi connectivity index (χ4n) is 2.57. The molecule has 10 nitrogen and oxygen atoms in total. The molecule has 10 heteroatoms. The number of nitrogens with one attached hydrogen (secondary N) is 2. The third-order valence-corrected chi connectivity index (χ3v) is 3.98. The molecular weight excluding hydrogens is 390 g/mol. The third-order valence-electron chi connectivity index (χ3n) is 3.98. The van der Waals surface area contributed by atoms with Gasteiger partial charge in [0.05, 0.1) is 19.9 Å². The lowest BCUT2D eigenvalue weighted by atomic mass is 10.1. The van der Waals surface area contributed by atoms with Crippen molar-refractivity contribution in [2.45, 2.75) is 12.5 Å². The lowest BCUT2D eigenvalue weighted by Crippen LogP contribution is -2.43. The van der Waals surface area contributed by atoms with Crippen molar-refractivity contribution in [1.82, 2.24) is 5.32 Å². The highest BCUT2D eigenvalue weighted by molar-refractivity contribution is 6.04. The number of nitrogens with zero attached hydrogens (tertiary/aromatic N) is 1. The summed E-state index contributed by atoms with van der Waals surface area (Å²) in [4.78, 5) is 39.6. The first-order valence-corrected chi connectivity index (χ1v) is 8.84. The third kappa shape index (κ3) is 6.51. The molecule has 0 radical (unpaired) electrons. The fraction of sp³-hybridized carbons (Fsp3) is 0.200. The number of alkyl carbamates (subject to hydrolysis) is 1. The molecule has 0 spiro atoms. The van der Waals surface area contributed by atoms with Crippen molar-refractivity contribution in [2.24, 2.45) is 16.5 Å². The lowest BCUT2D eigenvalue weighted by Gasteiger charge is -2.16. The van der Waals surface area contributed by atoms with E-state index in [1.807, 2.05) is 0 Å². The van der Waals surface area contributed by atoms with Gasteiger partial charge in [0.1, 0.15) is 6.04 Å². The molecule has 0 saturated heterocycles. The number of anilines is 1. The van der Waals surface area contributed by atoms with Gasteiger partial charge in [-0.1, -0.05) is 18.2 Å². The van der Waals surface area contributed by atoms with Gasteiger partial charge in [0.2, 0.25) is 0 Å². The smallest absolute Gasteiger partial charge is 0.407 e. The van der Waals surface area contributed by atoms with Gasteiger partial charge in [-0.3, -0.25) is 4.79 Å². The Kier molecular flexibility index (Phi) is 7.74. The monoisotopic (exact) mass is 413 g/mol. The molecule has 0 bridgehead atoms. The zero-order valence-corrected chi connectivity index (χ0v) is 16.5. The van der Waals surface area contributed by atoms with Crippen LogP contribution < -0.4 is 22.1 Å². The van der Waals surface area contributed by atoms with Crippen molar-refractivity contribution >= 4 is 35.3 Å². The Labute approximate surface area is 173 Å². The van der Waals surface area contributed by atoms with Gasteiger partial charge in [-0.05, 0) is 35.9 Å². The standard InChI is InChI=1S/C20H23N5O5/c1-29-18(27)16(25-20(28)30-2)10-12-6-8-14(9-7-12)23-17(26)13-4-3-5-15(11-13)24-19(21)22/h3-9,11,16H,10H2,1-2H3,(H,23,26)(H,25,28)(H4,21,22,24). The lowest BCUT2D eigenvalue weighted by molar-refractivity contribution is -0.142. The Morgan fingerprint density at radius 1 is 1.03 bits per heavy atom. The normalized spacial score (nSPS) is 11.0. The summed E-state index contributed by atoms with van der Waals surface area (Å²) in [5, 5.41) is 5.18. The summed E-state index contributed by atoms with van der Waals surface area (Å²) < 4.78 is 9.22. The van der Waals surface area contributed by atoms with Crippen LogP contribution in [0.5, 0.6) is 0 Å². The van der Waals surface area contributed by atoms with Gasteiger partial charge in [0, 0.05) is 17.7 Å². The summed E-state index contributed by atoms with van der Waals surface area (Å²) in [6, 6.07) is 12.4. The Hall–Kier alpha value is -4.08. The molecule has 2 amide bonds. The number of ether oxygens (including phenoxy) is 2. The van der Waals surface area contributed by atoms with Crippen LogP contribution in [0.3, 0.4) is 0 Å². The maximum absolute atomic E-state index is 12.5. The number of carbonyl (C=O) groups is 3. The molecule has 0 aliphatic heterocycles. The number of carbonyl (C=O) groups excluding carboxylic acids is 3. The highest BCUT2D eigenvalue weighted by Gasteiger charge is 2.22. The Morgan fingerprint density at radius 2 is 1.73 bits per heavy atom. The van der Waals surface area contributed by atoms with E-state index < -0.39 is 18.1 Å². The minimum Gasteiger partial charge on any atom is -0.467 e. The Morgan fingerprint density at radius 3 is 2.33 bits per heavy atom. The van der Waals surface area contributed by atoms with E-state index in [-0.39, 0.29) is 18.3 Å². The number of rotatable bonds is 7. The SMILES string of the molecule is COC(=O)NC(Cc1ccc(NC(=O)c2cccc(N=C(N)N)c2)cc1)C(=O)OC. The molecule has 0 aliphatic carbocycles. The van der Waals surface area contributed by atoms with Gasteiger partial charge in [-0.25, -0.2) is 14.6 Å². The molecule has 2 aromatic rings. The van der Waals surface area contributed by atoms with Crippen LogP contribution in [0.4, 0.5) is 16.2 Å². The summed E-state index contributed by atoms with van der Waals surface area (Å²) in [7, 11) is 2.43. The van der Waals surface area contributed by atoms with E-state index in [0.29, 0.717) is 16.9 Å². The molecule has 0 fully saturated rings. The highest BCUT2D eigenvalue weighted by atomic mass is 16.5. The van der Waals surface area contributed by atoms with E-state index in [0.717, 1.165) is 5.56 Å².